The molecule has 2 N–H and O–H groups in total. The molecule has 1 fully saturated rings. The number of piperazine rings is 1. The summed E-state index contributed by atoms with van der Waals surface area (Å²) in [5, 5.41) is 3.65. The Balaban J connectivity index is 1.81. The zero-order valence-electron chi connectivity index (χ0n) is 15.7. The molecule has 3 rings (SSSR count). The highest BCUT2D eigenvalue weighted by atomic mass is 35.5. The zero-order chi connectivity index (χ0) is 19.4. The van der Waals surface area contributed by atoms with E-state index in [0.717, 1.165) is 29.1 Å². The van der Waals surface area contributed by atoms with Gasteiger partial charge in [-0.05, 0) is 24.6 Å². The third-order valence-electron chi connectivity index (χ3n) is 5.09. The van der Waals surface area contributed by atoms with Gasteiger partial charge in [0.1, 0.15) is 0 Å². The van der Waals surface area contributed by atoms with Crippen LogP contribution in [0.1, 0.15) is 24.1 Å². The van der Waals surface area contributed by atoms with Crippen LogP contribution in [0, 0.1) is 6.92 Å². The molecule has 0 radical (unpaired) electrons. The second-order valence-electron chi connectivity index (χ2n) is 6.96. The van der Waals surface area contributed by atoms with Gasteiger partial charge in [0.05, 0.1) is 26.2 Å². The predicted molar refractivity (Wildman–Crippen MR) is 107 cm³/mol. The molecule has 1 aliphatic heterocycles. The van der Waals surface area contributed by atoms with E-state index in [1.54, 1.807) is 13.0 Å². The second-order valence-corrected chi connectivity index (χ2v) is 7.37. The number of hydrogen-bond acceptors (Lipinski definition) is 2. The Bertz CT molecular complexity index is 817. The van der Waals surface area contributed by atoms with E-state index in [1.807, 2.05) is 54.3 Å². The SMILES string of the molecule is CC(=O)N1CC[NH+]([C@@H](C(=O)Nc2ccc(C)c(Cl)c2)c2ccccc2)CC1. The van der Waals surface area contributed by atoms with E-state index in [9.17, 15) is 9.59 Å². The first-order chi connectivity index (χ1) is 13.0. The van der Waals surface area contributed by atoms with Gasteiger partial charge in [-0.2, -0.15) is 0 Å². The molecule has 6 heteroatoms. The number of halogens is 1. The minimum atomic E-state index is -0.333. The van der Waals surface area contributed by atoms with Crippen molar-refractivity contribution in [2.24, 2.45) is 0 Å². The zero-order valence-corrected chi connectivity index (χ0v) is 16.4. The molecular formula is C21H25ClN3O2+. The maximum Gasteiger partial charge on any atom is 0.287 e. The van der Waals surface area contributed by atoms with E-state index in [2.05, 4.69) is 5.32 Å². The Hall–Kier alpha value is -2.37. The number of nitrogens with zero attached hydrogens (tertiary/aromatic N) is 1. The van der Waals surface area contributed by atoms with Crippen LogP contribution in [0.5, 0.6) is 0 Å². The van der Waals surface area contributed by atoms with Crippen LogP contribution in [0.4, 0.5) is 5.69 Å². The number of carbonyl (C=O) groups excluding carboxylic acids is 2. The summed E-state index contributed by atoms with van der Waals surface area (Å²) in [5.74, 6) is 0.0245. The summed E-state index contributed by atoms with van der Waals surface area (Å²) >= 11 is 6.19. The number of aryl methyl sites for hydroxylation is 1. The summed E-state index contributed by atoms with van der Waals surface area (Å²) in [6.45, 7) is 6.32. The van der Waals surface area contributed by atoms with Gasteiger partial charge in [-0.25, -0.2) is 0 Å². The summed E-state index contributed by atoms with van der Waals surface area (Å²) in [5.41, 5.74) is 2.64. The van der Waals surface area contributed by atoms with Crippen LogP contribution in [-0.4, -0.2) is 42.9 Å². The lowest BCUT2D eigenvalue weighted by Gasteiger charge is -2.35. The average molecular weight is 387 g/mol. The Morgan fingerprint density at radius 1 is 1.11 bits per heavy atom. The van der Waals surface area contributed by atoms with Gasteiger partial charge in [0, 0.05) is 23.2 Å². The number of anilines is 1. The highest BCUT2D eigenvalue weighted by molar-refractivity contribution is 6.31. The van der Waals surface area contributed by atoms with E-state index in [0.29, 0.717) is 23.8 Å². The van der Waals surface area contributed by atoms with Gasteiger partial charge in [-0.1, -0.05) is 48.0 Å². The van der Waals surface area contributed by atoms with Gasteiger partial charge in [0.2, 0.25) is 5.91 Å². The van der Waals surface area contributed by atoms with Gasteiger partial charge in [-0.15, -0.1) is 0 Å². The van der Waals surface area contributed by atoms with Crippen LogP contribution in [0.2, 0.25) is 5.02 Å². The van der Waals surface area contributed by atoms with Crippen LogP contribution < -0.4 is 10.2 Å². The van der Waals surface area contributed by atoms with Crippen LogP contribution in [-0.2, 0) is 9.59 Å². The molecule has 0 aliphatic carbocycles. The lowest BCUT2D eigenvalue weighted by molar-refractivity contribution is -0.925. The van der Waals surface area contributed by atoms with Crippen LogP contribution >= 0.6 is 11.6 Å². The van der Waals surface area contributed by atoms with E-state index in [1.165, 1.54) is 0 Å². The number of nitrogens with one attached hydrogen (secondary N) is 2. The molecule has 2 aromatic carbocycles. The van der Waals surface area contributed by atoms with Crippen molar-refractivity contribution in [3.63, 3.8) is 0 Å². The lowest BCUT2D eigenvalue weighted by atomic mass is 10.0. The molecule has 2 aromatic rings. The summed E-state index contributed by atoms with van der Waals surface area (Å²) < 4.78 is 0. The maximum atomic E-state index is 13.2. The highest BCUT2D eigenvalue weighted by Gasteiger charge is 2.34. The molecule has 0 spiro atoms. The fraction of sp³-hybridized carbons (Fsp3) is 0.333. The van der Waals surface area contributed by atoms with Crippen molar-refractivity contribution in [3.05, 3.63) is 64.7 Å². The first-order valence-corrected chi connectivity index (χ1v) is 9.55. The van der Waals surface area contributed by atoms with Crippen molar-refractivity contribution in [2.45, 2.75) is 19.9 Å². The van der Waals surface area contributed by atoms with Gasteiger partial charge < -0.3 is 15.1 Å². The largest absolute Gasteiger partial charge is 0.332 e. The fourth-order valence-corrected chi connectivity index (χ4v) is 3.68. The van der Waals surface area contributed by atoms with Crippen molar-refractivity contribution in [1.82, 2.24) is 4.90 Å². The van der Waals surface area contributed by atoms with Gasteiger partial charge in [0.15, 0.2) is 6.04 Å². The summed E-state index contributed by atoms with van der Waals surface area (Å²) in [7, 11) is 0. The molecule has 0 bridgehead atoms. The quantitative estimate of drug-likeness (QED) is 0.845. The van der Waals surface area contributed by atoms with Crippen LogP contribution in [0.15, 0.2) is 48.5 Å². The molecule has 0 aromatic heterocycles. The van der Waals surface area contributed by atoms with E-state index in [4.69, 9.17) is 11.6 Å². The van der Waals surface area contributed by atoms with E-state index < -0.39 is 0 Å². The number of benzene rings is 2. The van der Waals surface area contributed by atoms with Crippen molar-refractivity contribution in [1.29, 1.82) is 0 Å². The van der Waals surface area contributed by atoms with Crippen molar-refractivity contribution < 1.29 is 14.5 Å². The summed E-state index contributed by atoms with van der Waals surface area (Å²) in [4.78, 5) is 27.8. The molecule has 142 valence electrons. The number of amides is 2. The van der Waals surface area contributed by atoms with Gasteiger partial charge in [0.25, 0.3) is 5.91 Å². The molecule has 0 saturated carbocycles. The lowest BCUT2D eigenvalue weighted by Crippen LogP contribution is -3.16. The van der Waals surface area contributed by atoms with Gasteiger partial charge in [-0.3, -0.25) is 9.59 Å². The maximum absolute atomic E-state index is 13.2. The van der Waals surface area contributed by atoms with Crippen molar-refractivity contribution >= 4 is 29.1 Å². The second kappa shape index (κ2) is 8.55. The highest BCUT2D eigenvalue weighted by Crippen LogP contribution is 2.21. The normalized spacial score (nSPS) is 16.0. The third-order valence-corrected chi connectivity index (χ3v) is 5.50. The first kappa shape index (κ1) is 19.4. The molecular weight excluding hydrogens is 362 g/mol. The number of carbonyl (C=O) groups is 2. The molecule has 5 nitrogen and oxygen atoms in total. The Kier molecular flexibility index (Phi) is 6.14. The van der Waals surface area contributed by atoms with Crippen molar-refractivity contribution in [3.8, 4) is 0 Å². The fourth-order valence-electron chi connectivity index (χ4n) is 3.50. The first-order valence-electron chi connectivity index (χ1n) is 9.18. The molecule has 1 aliphatic rings. The monoisotopic (exact) mass is 386 g/mol. The molecule has 1 saturated heterocycles. The van der Waals surface area contributed by atoms with Gasteiger partial charge >= 0.3 is 0 Å². The number of rotatable bonds is 4. The average Bonchev–Trinajstić information content (AvgIpc) is 2.66. The predicted octanol–water partition coefficient (Wildman–Crippen LogP) is 2.08. The Morgan fingerprint density at radius 2 is 1.78 bits per heavy atom. The minimum Gasteiger partial charge on any atom is -0.332 e. The molecule has 2 amide bonds. The van der Waals surface area contributed by atoms with Crippen molar-refractivity contribution in [2.75, 3.05) is 31.5 Å². The number of quaternary nitrogens is 1. The number of hydrogen-bond donors (Lipinski definition) is 2. The van der Waals surface area contributed by atoms with E-state index in [-0.39, 0.29) is 17.9 Å². The Morgan fingerprint density at radius 3 is 2.37 bits per heavy atom. The molecule has 27 heavy (non-hydrogen) atoms. The van der Waals surface area contributed by atoms with Crippen LogP contribution in [0.3, 0.4) is 0 Å². The summed E-state index contributed by atoms with van der Waals surface area (Å²) in [6.07, 6.45) is 0. The third kappa shape index (κ3) is 4.67. The topological polar surface area (TPSA) is 53.9 Å². The summed E-state index contributed by atoms with van der Waals surface area (Å²) in [6, 6.07) is 15.0. The van der Waals surface area contributed by atoms with Crippen LogP contribution in [0.25, 0.3) is 0 Å². The van der Waals surface area contributed by atoms with E-state index >= 15 is 0 Å². The minimum absolute atomic E-state index is 0.0626. The Labute approximate surface area is 164 Å². The standard InChI is InChI=1S/C21H24ClN3O2/c1-15-8-9-18(14-19(15)22)23-21(27)20(17-6-4-3-5-7-17)25-12-10-24(11-13-25)16(2)26/h3-9,14,20H,10-13H2,1-2H3,(H,23,27)/p+1/t20-/m1/s1. The molecule has 1 heterocycles. The molecule has 1 atom stereocenters. The smallest absolute Gasteiger partial charge is 0.287 e. The molecule has 0 unspecified atom stereocenters.